The van der Waals surface area contributed by atoms with Gasteiger partial charge in [-0.15, -0.1) is 0 Å². The SMILES string of the molecule is CCCC(CN)(CCC)N(C)C(C)C1CC1. The Kier molecular flexibility index (Phi) is 5.26. The molecule has 2 nitrogen and oxygen atoms in total. The summed E-state index contributed by atoms with van der Waals surface area (Å²) in [5, 5.41) is 0. The van der Waals surface area contributed by atoms with Crippen molar-refractivity contribution in [3.63, 3.8) is 0 Å². The second-order valence-corrected chi connectivity index (χ2v) is 5.62. The van der Waals surface area contributed by atoms with Gasteiger partial charge >= 0.3 is 0 Å². The highest BCUT2D eigenvalue weighted by atomic mass is 15.2. The van der Waals surface area contributed by atoms with Crippen LogP contribution >= 0.6 is 0 Å². The molecule has 2 N–H and O–H groups in total. The van der Waals surface area contributed by atoms with Crippen molar-refractivity contribution < 1.29 is 0 Å². The molecule has 0 heterocycles. The van der Waals surface area contributed by atoms with Gasteiger partial charge in [0.05, 0.1) is 0 Å². The molecule has 1 aliphatic rings. The van der Waals surface area contributed by atoms with E-state index in [9.17, 15) is 0 Å². The van der Waals surface area contributed by atoms with Crippen molar-refractivity contribution in [1.82, 2.24) is 4.90 Å². The normalized spacial score (nSPS) is 19.1. The molecule has 2 heteroatoms. The molecule has 1 fully saturated rings. The minimum Gasteiger partial charge on any atom is -0.329 e. The first kappa shape index (κ1) is 14.0. The Bertz CT molecular complexity index is 193. The maximum atomic E-state index is 6.10. The summed E-state index contributed by atoms with van der Waals surface area (Å²) in [6.45, 7) is 7.74. The average molecular weight is 226 g/mol. The highest BCUT2D eigenvalue weighted by Gasteiger charge is 2.39. The van der Waals surface area contributed by atoms with E-state index in [1.807, 2.05) is 0 Å². The Morgan fingerprint density at radius 2 is 1.75 bits per heavy atom. The molecule has 0 aromatic carbocycles. The number of hydrogen-bond acceptors (Lipinski definition) is 2. The van der Waals surface area contributed by atoms with Crippen LogP contribution in [0.5, 0.6) is 0 Å². The summed E-state index contributed by atoms with van der Waals surface area (Å²) in [6, 6.07) is 0.710. The summed E-state index contributed by atoms with van der Waals surface area (Å²) < 4.78 is 0. The molecular formula is C14H30N2. The largest absolute Gasteiger partial charge is 0.329 e. The first-order valence-electron chi connectivity index (χ1n) is 7.04. The lowest BCUT2D eigenvalue weighted by molar-refractivity contribution is 0.0570. The summed E-state index contributed by atoms with van der Waals surface area (Å²) in [5.74, 6) is 0.935. The average Bonchev–Trinajstić information content (AvgIpc) is 3.10. The van der Waals surface area contributed by atoms with E-state index < -0.39 is 0 Å². The van der Waals surface area contributed by atoms with Gasteiger partial charge in [-0.25, -0.2) is 0 Å². The molecule has 0 amide bonds. The molecule has 0 bridgehead atoms. The summed E-state index contributed by atoms with van der Waals surface area (Å²) in [6.07, 6.45) is 7.79. The quantitative estimate of drug-likeness (QED) is 0.689. The van der Waals surface area contributed by atoms with Crippen LogP contribution in [0.25, 0.3) is 0 Å². The summed E-state index contributed by atoms with van der Waals surface area (Å²) >= 11 is 0. The Morgan fingerprint density at radius 1 is 1.25 bits per heavy atom. The second-order valence-electron chi connectivity index (χ2n) is 5.62. The van der Waals surface area contributed by atoms with Crippen molar-refractivity contribution in [3.8, 4) is 0 Å². The summed E-state index contributed by atoms with van der Waals surface area (Å²) in [4.78, 5) is 2.59. The monoisotopic (exact) mass is 226 g/mol. The van der Waals surface area contributed by atoms with Crippen LogP contribution in [0.15, 0.2) is 0 Å². The number of hydrogen-bond donors (Lipinski definition) is 1. The van der Waals surface area contributed by atoms with Gasteiger partial charge in [-0.2, -0.15) is 0 Å². The molecule has 0 aromatic heterocycles. The van der Waals surface area contributed by atoms with Gasteiger partial charge in [-0.3, -0.25) is 4.90 Å². The van der Waals surface area contributed by atoms with Gasteiger partial charge in [0.25, 0.3) is 0 Å². The zero-order valence-electron chi connectivity index (χ0n) is 11.6. The van der Waals surface area contributed by atoms with Crippen LogP contribution < -0.4 is 5.73 Å². The van der Waals surface area contributed by atoms with Crippen molar-refractivity contribution in [2.24, 2.45) is 11.7 Å². The molecule has 16 heavy (non-hydrogen) atoms. The van der Waals surface area contributed by atoms with Gasteiger partial charge in [-0.05, 0) is 45.6 Å². The van der Waals surface area contributed by atoms with Crippen molar-refractivity contribution in [2.45, 2.75) is 70.9 Å². The van der Waals surface area contributed by atoms with E-state index >= 15 is 0 Å². The highest BCUT2D eigenvalue weighted by molar-refractivity contribution is 4.95. The van der Waals surface area contributed by atoms with Gasteiger partial charge < -0.3 is 5.73 Å². The number of rotatable bonds is 8. The van der Waals surface area contributed by atoms with Crippen molar-refractivity contribution >= 4 is 0 Å². The topological polar surface area (TPSA) is 29.3 Å². The Labute approximate surface area is 102 Å². The number of likely N-dealkylation sites (N-methyl/N-ethyl adjacent to an activating group) is 1. The third-order valence-electron chi connectivity index (χ3n) is 4.47. The van der Waals surface area contributed by atoms with Crippen LogP contribution in [0.4, 0.5) is 0 Å². The van der Waals surface area contributed by atoms with Gasteiger partial charge in [-0.1, -0.05) is 26.7 Å². The molecule has 1 aliphatic carbocycles. The predicted molar refractivity (Wildman–Crippen MR) is 71.6 cm³/mol. The van der Waals surface area contributed by atoms with Crippen LogP contribution in [0.3, 0.4) is 0 Å². The van der Waals surface area contributed by atoms with Crippen LogP contribution in [0.2, 0.25) is 0 Å². The fraction of sp³-hybridized carbons (Fsp3) is 1.00. The smallest absolute Gasteiger partial charge is 0.0331 e. The van der Waals surface area contributed by atoms with Gasteiger partial charge in [0.2, 0.25) is 0 Å². The molecule has 0 radical (unpaired) electrons. The van der Waals surface area contributed by atoms with E-state index in [2.05, 4.69) is 32.7 Å². The second kappa shape index (κ2) is 6.02. The zero-order chi connectivity index (χ0) is 12.2. The number of nitrogens with two attached hydrogens (primary N) is 1. The van der Waals surface area contributed by atoms with Gasteiger partial charge in [0, 0.05) is 18.1 Å². The molecular weight excluding hydrogens is 196 g/mol. The van der Waals surface area contributed by atoms with Gasteiger partial charge in [0.15, 0.2) is 0 Å². The van der Waals surface area contributed by atoms with Crippen molar-refractivity contribution in [3.05, 3.63) is 0 Å². The van der Waals surface area contributed by atoms with E-state index in [4.69, 9.17) is 5.73 Å². The Balaban J connectivity index is 2.70. The van der Waals surface area contributed by atoms with E-state index in [0.29, 0.717) is 6.04 Å². The first-order chi connectivity index (χ1) is 7.61. The molecule has 1 saturated carbocycles. The van der Waals surface area contributed by atoms with E-state index in [1.165, 1.54) is 38.5 Å². The minimum absolute atomic E-state index is 0.255. The molecule has 96 valence electrons. The predicted octanol–water partition coefficient (Wildman–Crippen LogP) is 3.01. The minimum atomic E-state index is 0.255. The van der Waals surface area contributed by atoms with E-state index in [1.54, 1.807) is 0 Å². The van der Waals surface area contributed by atoms with E-state index in [-0.39, 0.29) is 5.54 Å². The lowest BCUT2D eigenvalue weighted by Gasteiger charge is -2.45. The number of nitrogens with zero attached hydrogens (tertiary/aromatic N) is 1. The van der Waals surface area contributed by atoms with Gasteiger partial charge in [0.1, 0.15) is 0 Å². The van der Waals surface area contributed by atoms with Crippen LogP contribution in [-0.2, 0) is 0 Å². The molecule has 0 saturated heterocycles. The first-order valence-corrected chi connectivity index (χ1v) is 7.04. The maximum absolute atomic E-state index is 6.10. The molecule has 1 unspecified atom stereocenters. The Hall–Kier alpha value is -0.0800. The fourth-order valence-electron chi connectivity index (χ4n) is 3.08. The van der Waals surface area contributed by atoms with Crippen LogP contribution in [-0.4, -0.2) is 30.1 Å². The third-order valence-corrected chi connectivity index (χ3v) is 4.47. The van der Waals surface area contributed by atoms with Crippen LogP contribution in [0, 0.1) is 5.92 Å². The summed E-state index contributed by atoms with van der Waals surface area (Å²) in [7, 11) is 2.29. The fourth-order valence-corrected chi connectivity index (χ4v) is 3.08. The standard InChI is InChI=1S/C14H30N2/c1-5-9-14(11-15,10-6-2)16(4)12(3)13-7-8-13/h12-13H,5-11,15H2,1-4H3. The van der Waals surface area contributed by atoms with E-state index in [0.717, 1.165) is 12.5 Å². The molecule has 0 aromatic rings. The molecule has 0 aliphatic heterocycles. The lowest BCUT2D eigenvalue weighted by atomic mass is 9.85. The molecule has 0 spiro atoms. The Morgan fingerprint density at radius 3 is 2.06 bits per heavy atom. The molecule has 1 rings (SSSR count). The highest BCUT2D eigenvalue weighted by Crippen LogP contribution is 2.38. The summed E-state index contributed by atoms with van der Waals surface area (Å²) in [5.41, 5.74) is 6.35. The van der Waals surface area contributed by atoms with Crippen molar-refractivity contribution in [2.75, 3.05) is 13.6 Å². The maximum Gasteiger partial charge on any atom is 0.0331 e. The molecule has 1 atom stereocenters. The van der Waals surface area contributed by atoms with Crippen LogP contribution in [0.1, 0.15) is 59.3 Å². The third kappa shape index (κ3) is 2.98. The lowest BCUT2D eigenvalue weighted by Crippen LogP contribution is -2.55. The zero-order valence-corrected chi connectivity index (χ0v) is 11.6. The van der Waals surface area contributed by atoms with Crippen molar-refractivity contribution in [1.29, 1.82) is 0 Å².